The molecule has 5 nitrogen and oxygen atoms in total. The first-order chi connectivity index (χ1) is 18.5. The van der Waals surface area contributed by atoms with Crippen LogP contribution in [0.25, 0.3) is 16.8 Å². The van der Waals surface area contributed by atoms with Crippen LogP contribution in [0.2, 0.25) is 10.0 Å². The molecule has 0 bridgehead atoms. The first kappa shape index (κ1) is 26.3. The Hall–Kier alpha value is -3.28. The predicted molar refractivity (Wildman–Crippen MR) is 154 cm³/mol. The van der Waals surface area contributed by atoms with Gasteiger partial charge in [-0.05, 0) is 78.8 Å². The Labute approximate surface area is 233 Å². The summed E-state index contributed by atoms with van der Waals surface area (Å²) in [5, 5.41) is 8.69. The summed E-state index contributed by atoms with van der Waals surface area (Å²) in [6.07, 6.45) is 9.28. The number of carbonyl (C=O) groups is 1. The molecule has 38 heavy (non-hydrogen) atoms. The van der Waals surface area contributed by atoms with Crippen LogP contribution in [-0.2, 0) is 0 Å². The molecule has 4 aromatic rings. The molecular weight excluding hydrogens is 517 g/mol. The molecule has 7 heteroatoms. The van der Waals surface area contributed by atoms with Gasteiger partial charge in [-0.1, -0.05) is 73.7 Å². The van der Waals surface area contributed by atoms with Gasteiger partial charge in [0.1, 0.15) is 5.75 Å². The molecule has 1 aliphatic carbocycles. The van der Waals surface area contributed by atoms with Gasteiger partial charge in [-0.15, -0.1) is 5.10 Å². The van der Waals surface area contributed by atoms with Crippen LogP contribution < -0.4 is 10.1 Å². The van der Waals surface area contributed by atoms with E-state index in [0.29, 0.717) is 39.7 Å². The first-order valence-electron chi connectivity index (χ1n) is 13.2. The molecule has 1 heterocycles. The maximum Gasteiger partial charge on any atom is 0.251 e. The highest BCUT2D eigenvalue weighted by molar-refractivity contribution is 6.34. The van der Waals surface area contributed by atoms with Gasteiger partial charge < -0.3 is 10.1 Å². The molecule has 0 unspecified atom stereocenters. The molecule has 1 amide bonds. The zero-order valence-electron chi connectivity index (χ0n) is 21.4. The second-order valence-electron chi connectivity index (χ2n) is 9.76. The number of nitrogens with zero attached hydrogens (tertiary/aromatic N) is 2. The molecule has 1 aliphatic rings. The van der Waals surface area contributed by atoms with Crippen molar-refractivity contribution in [2.45, 2.75) is 51.4 Å². The van der Waals surface area contributed by atoms with Crippen molar-refractivity contribution in [1.82, 2.24) is 15.1 Å². The van der Waals surface area contributed by atoms with Crippen molar-refractivity contribution in [3.63, 3.8) is 0 Å². The van der Waals surface area contributed by atoms with Crippen LogP contribution in [-0.4, -0.2) is 22.2 Å². The van der Waals surface area contributed by atoms with Gasteiger partial charge in [-0.3, -0.25) is 4.79 Å². The van der Waals surface area contributed by atoms with Gasteiger partial charge in [0.25, 0.3) is 5.91 Å². The fourth-order valence-electron chi connectivity index (χ4n) is 4.93. The Bertz CT molecular complexity index is 1370. The van der Waals surface area contributed by atoms with Crippen molar-refractivity contribution < 1.29 is 9.53 Å². The molecule has 3 aromatic carbocycles. The maximum absolute atomic E-state index is 12.3. The Morgan fingerprint density at radius 1 is 0.974 bits per heavy atom. The van der Waals surface area contributed by atoms with Gasteiger partial charge in [0.05, 0.1) is 11.3 Å². The van der Waals surface area contributed by atoms with Crippen molar-refractivity contribution in [3.05, 3.63) is 94.1 Å². The van der Waals surface area contributed by atoms with Crippen molar-refractivity contribution in [1.29, 1.82) is 0 Å². The van der Waals surface area contributed by atoms with Crippen molar-refractivity contribution in [2.24, 2.45) is 0 Å². The number of amides is 1. The number of hydrogen-bond donors (Lipinski definition) is 1. The third kappa shape index (κ3) is 6.23. The van der Waals surface area contributed by atoms with E-state index in [4.69, 9.17) is 33.0 Å². The van der Waals surface area contributed by atoms with E-state index in [1.54, 1.807) is 35.0 Å². The van der Waals surface area contributed by atoms with Gasteiger partial charge in [-0.25, -0.2) is 4.68 Å². The summed E-state index contributed by atoms with van der Waals surface area (Å²) in [6.45, 7) is 2.67. The summed E-state index contributed by atoms with van der Waals surface area (Å²) in [7, 11) is 0. The maximum atomic E-state index is 12.3. The monoisotopic (exact) mass is 547 g/mol. The largest absolute Gasteiger partial charge is 0.437 e. The Morgan fingerprint density at radius 2 is 1.66 bits per heavy atom. The molecule has 0 spiro atoms. The number of halogens is 2. The lowest BCUT2D eigenvalue weighted by atomic mass is 9.84. The highest BCUT2D eigenvalue weighted by Crippen LogP contribution is 2.37. The molecule has 0 atom stereocenters. The molecule has 1 aromatic heterocycles. The van der Waals surface area contributed by atoms with Crippen LogP contribution in [0, 0.1) is 0 Å². The zero-order chi connectivity index (χ0) is 26.5. The second kappa shape index (κ2) is 12.1. The van der Waals surface area contributed by atoms with E-state index >= 15 is 0 Å². The van der Waals surface area contributed by atoms with Gasteiger partial charge >= 0.3 is 0 Å². The van der Waals surface area contributed by atoms with Crippen molar-refractivity contribution >= 4 is 29.1 Å². The Morgan fingerprint density at radius 3 is 2.32 bits per heavy atom. The van der Waals surface area contributed by atoms with E-state index in [1.807, 2.05) is 25.3 Å². The number of aromatic nitrogens is 2. The number of nitrogens with one attached hydrogen (secondary N) is 1. The van der Waals surface area contributed by atoms with E-state index in [1.165, 1.54) is 37.7 Å². The lowest BCUT2D eigenvalue weighted by molar-refractivity contribution is 0.0953. The zero-order valence-corrected chi connectivity index (χ0v) is 22.9. The van der Waals surface area contributed by atoms with Gasteiger partial charge in [0.15, 0.2) is 0 Å². The van der Waals surface area contributed by atoms with Crippen LogP contribution in [0.1, 0.15) is 67.3 Å². The smallest absolute Gasteiger partial charge is 0.251 e. The summed E-state index contributed by atoms with van der Waals surface area (Å²) in [5.41, 5.74) is 4.57. The summed E-state index contributed by atoms with van der Waals surface area (Å²) < 4.78 is 7.99. The summed E-state index contributed by atoms with van der Waals surface area (Å²) in [4.78, 5) is 12.3. The fourth-order valence-corrected chi connectivity index (χ4v) is 5.45. The van der Waals surface area contributed by atoms with Crippen LogP contribution >= 0.6 is 23.2 Å². The minimum absolute atomic E-state index is 0.0979. The molecule has 0 aliphatic heterocycles. The highest BCUT2D eigenvalue weighted by atomic mass is 35.5. The quantitative estimate of drug-likeness (QED) is 0.239. The van der Waals surface area contributed by atoms with E-state index in [0.717, 1.165) is 23.2 Å². The average Bonchev–Trinajstić information content (AvgIpc) is 3.36. The molecular formula is C31H31Cl2N3O2. The number of carbonyl (C=O) groups excluding carboxylic acids is 1. The van der Waals surface area contributed by atoms with Gasteiger partial charge in [0, 0.05) is 28.4 Å². The molecule has 0 radical (unpaired) electrons. The summed E-state index contributed by atoms with van der Waals surface area (Å²) >= 11 is 12.5. The third-order valence-corrected chi connectivity index (χ3v) is 7.39. The lowest BCUT2D eigenvalue weighted by Gasteiger charge is -2.22. The average molecular weight is 549 g/mol. The second-order valence-corrected chi connectivity index (χ2v) is 10.6. The standard InChI is InChI=1S/C31H31Cl2N3O2/c1-2-16-34-30(37)24-12-14-28(15-13-24)38-31-29(20-36(35-31)27-18-25(32)17-26(33)19-27)23-10-8-22(9-11-23)21-6-4-3-5-7-21/h8-15,17-21H,2-7,16H2,1H3,(H,34,37). The first-order valence-corrected chi connectivity index (χ1v) is 14.0. The highest BCUT2D eigenvalue weighted by Gasteiger charge is 2.18. The minimum Gasteiger partial charge on any atom is -0.437 e. The Balaban J connectivity index is 1.46. The third-order valence-electron chi connectivity index (χ3n) is 6.96. The molecule has 1 saturated carbocycles. The lowest BCUT2D eigenvalue weighted by Crippen LogP contribution is -2.23. The number of hydrogen-bond acceptors (Lipinski definition) is 3. The Kier molecular flexibility index (Phi) is 8.35. The van der Waals surface area contributed by atoms with Crippen LogP contribution in [0.4, 0.5) is 0 Å². The molecule has 1 fully saturated rings. The van der Waals surface area contributed by atoms with E-state index in [9.17, 15) is 4.79 Å². The molecule has 1 N–H and O–H groups in total. The van der Waals surface area contributed by atoms with E-state index < -0.39 is 0 Å². The van der Waals surface area contributed by atoms with Crippen LogP contribution in [0.15, 0.2) is 72.9 Å². The molecule has 196 valence electrons. The number of ether oxygens (including phenoxy) is 1. The van der Waals surface area contributed by atoms with Crippen LogP contribution in [0.5, 0.6) is 11.6 Å². The van der Waals surface area contributed by atoms with E-state index in [-0.39, 0.29) is 5.91 Å². The molecule has 0 saturated heterocycles. The SMILES string of the molecule is CCCNC(=O)c1ccc(Oc2nn(-c3cc(Cl)cc(Cl)c3)cc2-c2ccc(C3CCCCC3)cc2)cc1. The van der Waals surface area contributed by atoms with Crippen LogP contribution in [0.3, 0.4) is 0 Å². The summed E-state index contributed by atoms with van der Waals surface area (Å²) in [5.74, 6) is 1.58. The van der Waals surface area contributed by atoms with Crippen molar-refractivity contribution in [3.8, 4) is 28.4 Å². The van der Waals surface area contributed by atoms with Gasteiger partial charge in [-0.2, -0.15) is 0 Å². The van der Waals surface area contributed by atoms with Gasteiger partial charge in [0.2, 0.25) is 5.88 Å². The minimum atomic E-state index is -0.0979. The van der Waals surface area contributed by atoms with E-state index in [2.05, 4.69) is 29.6 Å². The number of benzene rings is 3. The fraction of sp³-hybridized carbons (Fsp3) is 0.290. The molecule has 5 rings (SSSR count). The predicted octanol–water partition coefficient (Wildman–Crippen LogP) is 8.83. The normalized spacial score (nSPS) is 13.9. The van der Waals surface area contributed by atoms with Crippen molar-refractivity contribution in [2.75, 3.05) is 6.54 Å². The summed E-state index contributed by atoms with van der Waals surface area (Å²) in [6, 6.07) is 21.1. The number of rotatable bonds is 8. The topological polar surface area (TPSA) is 56.1 Å².